The maximum Gasteiger partial charge on any atom is 0.0597 e. The Kier molecular flexibility index (Phi) is 5.71. The first kappa shape index (κ1) is 16.5. The molecule has 0 radical (unpaired) electrons. The molecule has 106 valence electrons. The molecule has 0 heterocycles. The average Bonchev–Trinajstić information content (AvgIpc) is 2.40. The fourth-order valence-electron chi connectivity index (χ4n) is 2.10. The molecule has 0 aliphatic carbocycles. The van der Waals surface area contributed by atoms with Gasteiger partial charge in [0.1, 0.15) is 0 Å². The standard InChI is InChI=1S/C15H13Br3ClN/c1-8-5-14(18)11(7-13(8)17)15(20-2)10-6-9(19)3-4-12(10)16/h3-7,15,20H,1-2H3. The van der Waals surface area contributed by atoms with Crippen molar-refractivity contribution >= 4 is 59.4 Å². The first-order chi connectivity index (χ1) is 9.43. The van der Waals surface area contributed by atoms with Gasteiger partial charge in [0, 0.05) is 18.4 Å². The van der Waals surface area contributed by atoms with Gasteiger partial charge >= 0.3 is 0 Å². The number of hydrogen-bond acceptors (Lipinski definition) is 1. The molecular weight excluding hydrogens is 469 g/mol. The van der Waals surface area contributed by atoms with Crippen molar-refractivity contribution in [2.75, 3.05) is 7.05 Å². The lowest BCUT2D eigenvalue weighted by molar-refractivity contribution is 0.685. The minimum absolute atomic E-state index is 0.0503. The molecule has 0 aliphatic heterocycles. The van der Waals surface area contributed by atoms with Gasteiger partial charge in [0.15, 0.2) is 0 Å². The first-order valence-corrected chi connectivity index (χ1v) is 8.77. The number of rotatable bonds is 3. The second-order valence-electron chi connectivity index (χ2n) is 4.51. The van der Waals surface area contributed by atoms with E-state index >= 15 is 0 Å². The summed E-state index contributed by atoms with van der Waals surface area (Å²) in [6.45, 7) is 2.07. The highest BCUT2D eigenvalue weighted by Crippen LogP contribution is 2.36. The Hall–Kier alpha value is 0.130. The SMILES string of the molecule is CNC(c1cc(Cl)ccc1Br)c1cc(Br)c(C)cc1Br. The summed E-state index contributed by atoms with van der Waals surface area (Å²) in [4.78, 5) is 0. The van der Waals surface area contributed by atoms with E-state index in [0.717, 1.165) is 29.6 Å². The van der Waals surface area contributed by atoms with Crippen LogP contribution < -0.4 is 5.32 Å². The van der Waals surface area contributed by atoms with Gasteiger partial charge in [0.05, 0.1) is 6.04 Å². The van der Waals surface area contributed by atoms with Crippen molar-refractivity contribution in [3.63, 3.8) is 0 Å². The summed E-state index contributed by atoms with van der Waals surface area (Å²) in [6.07, 6.45) is 0. The predicted molar refractivity (Wildman–Crippen MR) is 96.6 cm³/mol. The molecular formula is C15H13Br3ClN. The van der Waals surface area contributed by atoms with Crippen molar-refractivity contribution in [1.29, 1.82) is 0 Å². The second-order valence-corrected chi connectivity index (χ2v) is 7.51. The highest BCUT2D eigenvalue weighted by Gasteiger charge is 2.19. The van der Waals surface area contributed by atoms with Gasteiger partial charge in [-0.25, -0.2) is 0 Å². The van der Waals surface area contributed by atoms with Crippen molar-refractivity contribution < 1.29 is 0 Å². The van der Waals surface area contributed by atoms with Gasteiger partial charge in [-0.2, -0.15) is 0 Å². The first-order valence-electron chi connectivity index (χ1n) is 6.01. The van der Waals surface area contributed by atoms with Crippen molar-refractivity contribution in [2.24, 2.45) is 0 Å². The van der Waals surface area contributed by atoms with E-state index < -0.39 is 0 Å². The molecule has 1 nitrogen and oxygen atoms in total. The Morgan fingerprint density at radius 3 is 2.25 bits per heavy atom. The summed E-state index contributed by atoms with van der Waals surface area (Å²) in [5, 5.41) is 4.08. The molecule has 1 unspecified atom stereocenters. The van der Waals surface area contributed by atoms with Gasteiger partial charge in [0.2, 0.25) is 0 Å². The zero-order chi connectivity index (χ0) is 14.9. The van der Waals surface area contributed by atoms with Crippen LogP contribution in [0.1, 0.15) is 22.7 Å². The van der Waals surface area contributed by atoms with Crippen LogP contribution in [-0.2, 0) is 0 Å². The van der Waals surface area contributed by atoms with Crippen LogP contribution in [0, 0.1) is 6.92 Å². The molecule has 0 aromatic heterocycles. The van der Waals surface area contributed by atoms with Crippen LogP contribution >= 0.6 is 59.4 Å². The van der Waals surface area contributed by atoms with E-state index in [9.17, 15) is 0 Å². The van der Waals surface area contributed by atoms with Crippen LogP contribution in [-0.4, -0.2) is 7.05 Å². The van der Waals surface area contributed by atoms with E-state index in [0.29, 0.717) is 0 Å². The summed E-state index contributed by atoms with van der Waals surface area (Å²) < 4.78 is 3.20. The van der Waals surface area contributed by atoms with Gasteiger partial charge in [0.25, 0.3) is 0 Å². The monoisotopic (exact) mass is 479 g/mol. The minimum Gasteiger partial charge on any atom is -0.309 e. The third-order valence-corrected chi connectivity index (χ3v) is 5.65. The zero-order valence-electron chi connectivity index (χ0n) is 11.0. The quantitative estimate of drug-likeness (QED) is 0.546. The van der Waals surface area contributed by atoms with Crippen LogP contribution in [0.4, 0.5) is 0 Å². The van der Waals surface area contributed by atoms with E-state index in [4.69, 9.17) is 11.6 Å². The second kappa shape index (κ2) is 6.93. The smallest absolute Gasteiger partial charge is 0.0597 e. The van der Waals surface area contributed by atoms with E-state index in [-0.39, 0.29) is 6.04 Å². The molecule has 0 spiro atoms. The Balaban J connectivity index is 2.58. The molecule has 20 heavy (non-hydrogen) atoms. The Morgan fingerprint density at radius 1 is 0.950 bits per heavy atom. The van der Waals surface area contributed by atoms with Gasteiger partial charge in [-0.05, 0) is 61.0 Å². The fraction of sp³-hybridized carbons (Fsp3) is 0.200. The molecule has 2 rings (SSSR count). The summed E-state index contributed by atoms with van der Waals surface area (Å²) in [5.41, 5.74) is 3.46. The number of benzene rings is 2. The number of halogens is 4. The average molecular weight is 482 g/mol. The predicted octanol–water partition coefficient (Wildman–Crippen LogP) is 6.24. The third kappa shape index (κ3) is 3.47. The maximum atomic E-state index is 6.13. The van der Waals surface area contributed by atoms with E-state index in [1.54, 1.807) is 0 Å². The topological polar surface area (TPSA) is 12.0 Å². The van der Waals surface area contributed by atoms with Crippen LogP contribution in [0.25, 0.3) is 0 Å². The van der Waals surface area contributed by atoms with Crippen LogP contribution in [0.5, 0.6) is 0 Å². The Bertz CT molecular complexity index is 643. The minimum atomic E-state index is 0.0503. The van der Waals surface area contributed by atoms with Gasteiger partial charge in [-0.1, -0.05) is 59.4 Å². The summed E-state index contributed by atoms with van der Waals surface area (Å²) in [5.74, 6) is 0. The lowest BCUT2D eigenvalue weighted by Crippen LogP contribution is -2.19. The summed E-state index contributed by atoms with van der Waals surface area (Å²) >= 11 is 17.0. The summed E-state index contributed by atoms with van der Waals surface area (Å²) in [6, 6.07) is 10.1. The van der Waals surface area contributed by atoms with E-state index in [1.807, 2.05) is 25.2 Å². The molecule has 0 saturated heterocycles. The van der Waals surface area contributed by atoms with Gasteiger partial charge in [-0.3, -0.25) is 0 Å². The number of aryl methyl sites for hydroxylation is 1. The third-order valence-electron chi connectivity index (χ3n) is 3.15. The normalized spacial score (nSPS) is 12.5. The van der Waals surface area contributed by atoms with Crippen molar-refractivity contribution in [2.45, 2.75) is 13.0 Å². The lowest BCUT2D eigenvalue weighted by atomic mass is 9.98. The van der Waals surface area contributed by atoms with Gasteiger partial charge < -0.3 is 5.32 Å². The van der Waals surface area contributed by atoms with Crippen LogP contribution in [0.15, 0.2) is 43.7 Å². The molecule has 0 fully saturated rings. The number of hydrogen-bond donors (Lipinski definition) is 1. The molecule has 0 aliphatic rings. The summed E-state index contributed by atoms with van der Waals surface area (Å²) in [7, 11) is 1.94. The Morgan fingerprint density at radius 2 is 1.60 bits per heavy atom. The lowest BCUT2D eigenvalue weighted by Gasteiger charge is -2.21. The van der Waals surface area contributed by atoms with E-state index in [2.05, 4.69) is 72.2 Å². The molecule has 2 aromatic carbocycles. The van der Waals surface area contributed by atoms with Crippen LogP contribution in [0.3, 0.4) is 0 Å². The molecule has 5 heteroatoms. The molecule has 0 amide bonds. The highest BCUT2D eigenvalue weighted by atomic mass is 79.9. The van der Waals surface area contributed by atoms with Crippen molar-refractivity contribution in [3.05, 3.63) is 65.5 Å². The van der Waals surface area contributed by atoms with Gasteiger partial charge in [-0.15, -0.1) is 0 Å². The molecule has 1 N–H and O–H groups in total. The maximum absolute atomic E-state index is 6.13. The Labute approximate surface area is 149 Å². The molecule has 2 aromatic rings. The van der Waals surface area contributed by atoms with Crippen molar-refractivity contribution in [3.8, 4) is 0 Å². The highest BCUT2D eigenvalue weighted by molar-refractivity contribution is 9.11. The molecule has 0 saturated carbocycles. The largest absolute Gasteiger partial charge is 0.309 e. The van der Waals surface area contributed by atoms with E-state index in [1.165, 1.54) is 5.56 Å². The molecule has 1 atom stereocenters. The van der Waals surface area contributed by atoms with Crippen LogP contribution in [0.2, 0.25) is 5.02 Å². The molecule has 0 bridgehead atoms. The zero-order valence-corrected chi connectivity index (χ0v) is 16.5. The number of nitrogens with one attached hydrogen (secondary N) is 1. The van der Waals surface area contributed by atoms with Crippen molar-refractivity contribution in [1.82, 2.24) is 5.32 Å². The fourth-order valence-corrected chi connectivity index (χ4v) is 3.80.